The van der Waals surface area contributed by atoms with Gasteiger partial charge in [-0.1, -0.05) is 35.9 Å². The van der Waals surface area contributed by atoms with E-state index in [4.69, 9.17) is 16.3 Å². The number of anilines is 1. The van der Waals surface area contributed by atoms with Crippen LogP contribution in [0.1, 0.15) is 23.1 Å². The molecular weight excluding hydrogens is 472 g/mol. The SMILES string of the molecule is COc1ccccc1CCCNC(=O)CN(c1ccc(C)c(C)c1)S(=O)(=O)c1ccc(Cl)cc1. The molecule has 0 fully saturated rings. The van der Waals surface area contributed by atoms with Crippen LogP contribution in [-0.4, -0.2) is 34.5 Å². The third-order valence-electron chi connectivity index (χ3n) is 5.60. The molecule has 180 valence electrons. The predicted octanol–water partition coefficient (Wildman–Crippen LogP) is 4.91. The van der Waals surface area contributed by atoms with Crippen molar-refractivity contribution in [3.05, 3.63) is 88.4 Å². The van der Waals surface area contributed by atoms with Crippen molar-refractivity contribution in [2.24, 2.45) is 0 Å². The van der Waals surface area contributed by atoms with Gasteiger partial charge in [0, 0.05) is 11.6 Å². The van der Waals surface area contributed by atoms with Gasteiger partial charge >= 0.3 is 0 Å². The smallest absolute Gasteiger partial charge is 0.264 e. The van der Waals surface area contributed by atoms with E-state index in [0.29, 0.717) is 23.7 Å². The number of methoxy groups -OCH3 is 1. The molecule has 0 spiro atoms. The van der Waals surface area contributed by atoms with E-state index in [9.17, 15) is 13.2 Å². The molecule has 3 aromatic carbocycles. The van der Waals surface area contributed by atoms with Crippen LogP contribution in [0.15, 0.2) is 71.6 Å². The Morgan fingerprint density at radius 1 is 1.00 bits per heavy atom. The van der Waals surface area contributed by atoms with Crippen molar-refractivity contribution in [3.63, 3.8) is 0 Å². The summed E-state index contributed by atoms with van der Waals surface area (Å²) in [4.78, 5) is 12.9. The number of sulfonamides is 1. The lowest BCUT2D eigenvalue weighted by Crippen LogP contribution is -2.41. The van der Waals surface area contributed by atoms with E-state index in [1.807, 2.05) is 44.2 Å². The minimum absolute atomic E-state index is 0.0686. The number of hydrogen-bond donors (Lipinski definition) is 1. The second kappa shape index (κ2) is 11.4. The van der Waals surface area contributed by atoms with Crippen LogP contribution in [0, 0.1) is 13.8 Å². The average Bonchev–Trinajstić information content (AvgIpc) is 2.82. The summed E-state index contributed by atoms with van der Waals surface area (Å²) in [7, 11) is -2.35. The molecule has 0 saturated carbocycles. The quantitative estimate of drug-likeness (QED) is 0.401. The first kappa shape index (κ1) is 25.6. The summed E-state index contributed by atoms with van der Waals surface area (Å²) in [5.41, 5.74) is 3.46. The molecule has 1 N–H and O–H groups in total. The fraction of sp³-hybridized carbons (Fsp3) is 0.269. The van der Waals surface area contributed by atoms with Gasteiger partial charge in [-0.25, -0.2) is 8.42 Å². The Balaban J connectivity index is 1.74. The van der Waals surface area contributed by atoms with Gasteiger partial charge in [0.05, 0.1) is 17.7 Å². The minimum Gasteiger partial charge on any atom is -0.496 e. The second-order valence-electron chi connectivity index (χ2n) is 8.00. The molecule has 1 amide bonds. The highest BCUT2D eigenvalue weighted by Crippen LogP contribution is 2.26. The van der Waals surface area contributed by atoms with Crippen molar-refractivity contribution in [3.8, 4) is 5.75 Å². The zero-order valence-electron chi connectivity index (χ0n) is 19.5. The van der Waals surface area contributed by atoms with Crippen LogP contribution in [0.4, 0.5) is 5.69 Å². The van der Waals surface area contributed by atoms with Gasteiger partial charge < -0.3 is 10.1 Å². The molecule has 8 heteroatoms. The molecule has 0 aromatic heterocycles. The van der Waals surface area contributed by atoms with E-state index in [-0.39, 0.29) is 17.3 Å². The number of ether oxygens (including phenoxy) is 1. The minimum atomic E-state index is -3.98. The molecule has 0 aliphatic carbocycles. The normalized spacial score (nSPS) is 11.2. The van der Waals surface area contributed by atoms with Crippen molar-refractivity contribution in [1.82, 2.24) is 5.32 Å². The van der Waals surface area contributed by atoms with Crippen LogP contribution < -0.4 is 14.4 Å². The van der Waals surface area contributed by atoms with E-state index < -0.39 is 10.0 Å². The first-order valence-electron chi connectivity index (χ1n) is 11.0. The predicted molar refractivity (Wildman–Crippen MR) is 136 cm³/mol. The molecule has 0 aliphatic heterocycles. The van der Waals surface area contributed by atoms with Crippen LogP contribution in [0.3, 0.4) is 0 Å². The molecule has 0 radical (unpaired) electrons. The number of carbonyl (C=O) groups is 1. The highest BCUT2D eigenvalue weighted by atomic mass is 35.5. The summed E-state index contributed by atoms with van der Waals surface area (Å²) in [6.07, 6.45) is 1.42. The molecule has 0 aliphatic rings. The number of nitrogens with one attached hydrogen (secondary N) is 1. The molecule has 6 nitrogen and oxygen atoms in total. The average molecular weight is 501 g/mol. The van der Waals surface area contributed by atoms with Gasteiger partial charge in [-0.2, -0.15) is 0 Å². The molecule has 0 atom stereocenters. The summed E-state index contributed by atoms with van der Waals surface area (Å²) >= 11 is 5.93. The number of hydrogen-bond acceptors (Lipinski definition) is 4. The zero-order valence-corrected chi connectivity index (χ0v) is 21.1. The largest absolute Gasteiger partial charge is 0.496 e. The fourth-order valence-electron chi connectivity index (χ4n) is 3.53. The summed E-state index contributed by atoms with van der Waals surface area (Å²) in [5, 5.41) is 3.28. The highest BCUT2D eigenvalue weighted by Gasteiger charge is 2.27. The van der Waals surface area contributed by atoms with Crippen LogP contribution in [0.2, 0.25) is 5.02 Å². The maximum absolute atomic E-state index is 13.5. The Labute approximate surface area is 206 Å². The number of para-hydroxylation sites is 1. The van der Waals surface area contributed by atoms with Crippen molar-refractivity contribution in [2.75, 3.05) is 24.5 Å². The summed E-state index contributed by atoms with van der Waals surface area (Å²) in [5.74, 6) is 0.430. The maximum atomic E-state index is 13.5. The van der Waals surface area contributed by atoms with Gasteiger partial charge in [-0.05, 0) is 85.8 Å². The van der Waals surface area contributed by atoms with E-state index in [1.54, 1.807) is 19.2 Å². The van der Waals surface area contributed by atoms with Gasteiger partial charge in [0.1, 0.15) is 12.3 Å². The number of aryl methyl sites for hydroxylation is 3. The van der Waals surface area contributed by atoms with Crippen LogP contribution >= 0.6 is 11.6 Å². The van der Waals surface area contributed by atoms with Gasteiger partial charge in [0.2, 0.25) is 5.91 Å². The molecular formula is C26H29ClN2O4S. The van der Waals surface area contributed by atoms with Gasteiger partial charge in [-0.15, -0.1) is 0 Å². The van der Waals surface area contributed by atoms with Crippen LogP contribution in [0.5, 0.6) is 5.75 Å². The number of rotatable bonds is 10. The van der Waals surface area contributed by atoms with Crippen molar-refractivity contribution < 1.29 is 17.9 Å². The van der Waals surface area contributed by atoms with Gasteiger partial charge in [-0.3, -0.25) is 9.10 Å². The highest BCUT2D eigenvalue weighted by molar-refractivity contribution is 7.92. The summed E-state index contributed by atoms with van der Waals surface area (Å²) in [6, 6.07) is 19.0. The second-order valence-corrected chi connectivity index (χ2v) is 10.3. The van der Waals surface area contributed by atoms with Gasteiger partial charge in [0.15, 0.2) is 0 Å². The Bertz CT molecular complexity index is 1240. The standard InChI is InChI=1S/C26H29ClN2O4S/c1-19-10-13-23(17-20(19)2)29(34(31,32)24-14-11-22(27)12-15-24)18-26(30)28-16-6-8-21-7-4-5-9-25(21)33-3/h4-5,7,9-15,17H,6,8,16,18H2,1-3H3,(H,28,30). The summed E-state index contributed by atoms with van der Waals surface area (Å²) < 4.78 is 33.4. The third kappa shape index (κ3) is 6.30. The van der Waals surface area contributed by atoms with Crippen molar-refractivity contribution >= 4 is 33.2 Å². The Morgan fingerprint density at radius 2 is 1.71 bits per heavy atom. The third-order valence-corrected chi connectivity index (χ3v) is 7.64. The molecule has 0 saturated heterocycles. The Hall–Kier alpha value is -3.03. The lowest BCUT2D eigenvalue weighted by Gasteiger charge is -2.25. The molecule has 0 bridgehead atoms. The molecule has 0 heterocycles. The topological polar surface area (TPSA) is 75.7 Å². The first-order chi connectivity index (χ1) is 16.2. The van der Waals surface area contributed by atoms with Crippen LogP contribution in [-0.2, 0) is 21.2 Å². The Kier molecular flexibility index (Phi) is 8.58. The number of halogens is 1. The summed E-state index contributed by atoms with van der Waals surface area (Å²) in [6.45, 7) is 3.94. The van der Waals surface area contributed by atoms with Crippen molar-refractivity contribution in [1.29, 1.82) is 0 Å². The van der Waals surface area contributed by atoms with Gasteiger partial charge in [0.25, 0.3) is 10.0 Å². The lowest BCUT2D eigenvalue weighted by molar-refractivity contribution is -0.119. The van der Waals surface area contributed by atoms with E-state index in [0.717, 1.165) is 33.2 Å². The molecule has 34 heavy (non-hydrogen) atoms. The Morgan fingerprint density at radius 3 is 2.38 bits per heavy atom. The first-order valence-corrected chi connectivity index (χ1v) is 12.8. The number of benzene rings is 3. The molecule has 3 rings (SSSR count). The van der Waals surface area contributed by atoms with E-state index in [1.165, 1.54) is 24.3 Å². The number of nitrogens with zero attached hydrogens (tertiary/aromatic N) is 1. The van der Waals surface area contributed by atoms with Crippen LogP contribution in [0.25, 0.3) is 0 Å². The monoisotopic (exact) mass is 500 g/mol. The zero-order chi connectivity index (χ0) is 24.7. The lowest BCUT2D eigenvalue weighted by atomic mass is 10.1. The number of amides is 1. The maximum Gasteiger partial charge on any atom is 0.264 e. The van der Waals surface area contributed by atoms with E-state index >= 15 is 0 Å². The fourth-order valence-corrected chi connectivity index (χ4v) is 5.07. The molecule has 3 aromatic rings. The molecule has 0 unspecified atom stereocenters. The van der Waals surface area contributed by atoms with Crippen molar-refractivity contribution in [2.45, 2.75) is 31.6 Å². The van der Waals surface area contributed by atoms with E-state index in [2.05, 4.69) is 5.32 Å². The number of carbonyl (C=O) groups excluding carboxylic acids is 1.